The third kappa shape index (κ3) is 3.07. The van der Waals surface area contributed by atoms with Crippen LogP contribution in [0.5, 0.6) is 5.75 Å². The molecule has 0 bridgehead atoms. The van der Waals surface area contributed by atoms with Crippen LogP contribution in [-0.2, 0) is 10.0 Å². The lowest BCUT2D eigenvalue weighted by Gasteiger charge is -2.24. The molecule has 112 valence electrons. The minimum atomic E-state index is -3.54. The molecule has 2 rings (SSSR count). The Labute approximate surface area is 120 Å². The summed E-state index contributed by atoms with van der Waals surface area (Å²) in [5.41, 5.74) is 6.18. The molecule has 2 N–H and O–H groups in total. The summed E-state index contributed by atoms with van der Waals surface area (Å²) < 4.78 is 32.5. The Kier molecular flexibility index (Phi) is 4.25. The zero-order valence-electron chi connectivity index (χ0n) is 12.2. The van der Waals surface area contributed by atoms with Gasteiger partial charge in [0.15, 0.2) is 0 Å². The first-order valence-corrected chi connectivity index (χ1v) is 8.25. The first kappa shape index (κ1) is 15.1. The quantitative estimate of drug-likeness (QED) is 0.816. The van der Waals surface area contributed by atoms with Crippen LogP contribution >= 0.6 is 0 Å². The lowest BCUT2D eigenvalue weighted by molar-refractivity contribution is 0.354. The molecular formula is C14H22N2O3S. The zero-order valence-corrected chi connectivity index (χ0v) is 13.0. The number of nitrogens with zero attached hydrogens (tertiary/aromatic N) is 1. The van der Waals surface area contributed by atoms with Crippen molar-refractivity contribution in [2.45, 2.75) is 37.6 Å². The number of hydrogen-bond donors (Lipinski definition) is 1. The number of benzene rings is 1. The van der Waals surface area contributed by atoms with Gasteiger partial charge in [0.2, 0.25) is 10.0 Å². The van der Waals surface area contributed by atoms with Crippen molar-refractivity contribution in [3.05, 3.63) is 18.2 Å². The molecule has 0 radical (unpaired) electrons. The molecule has 0 saturated heterocycles. The predicted molar refractivity (Wildman–Crippen MR) is 79.2 cm³/mol. The van der Waals surface area contributed by atoms with Gasteiger partial charge in [0.05, 0.1) is 7.11 Å². The number of hydrogen-bond acceptors (Lipinski definition) is 4. The molecule has 0 spiro atoms. The molecule has 0 unspecified atom stereocenters. The molecule has 0 amide bonds. The van der Waals surface area contributed by atoms with E-state index in [0.717, 1.165) is 12.8 Å². The smallest absolute Gasteiger partial charge is 0.247 e. The second-order valence-electron chi connectivity index (χ2n) is 5.61. The van der Waals surface area contributed by atoms with E-state index in [1.54, 1.807) is 16.4 Å². The fourth-order valence-corrected chi connectivity index (χ4v) is 4.18. The summed E-state index contributed by atoms with van der Waals surface area (Å²) in [7, 11) is -2.08. The lowest BCUT2D eigenvalue weighted by atomic mass is 10.2. The summed E-state index contributed by atoms with van der Waals surface area (Å²) in [5.74, 6) is 0.588. The first-order valence-electron chi connectivity index (χ1n) is 6.81. The largest absolute Gasteiger partial charge is 0.495 e. The maximum absolute atomic E-state index is 12.8. The highest BCUT2D eigenvalue weighted by Crippen LogP contribution is 2.36. The van der Waals surface area contributed by atoms with Crippen molar-refractivity contribution in [1.29, 1.82) is 0 Å². The molecule has 20 heavy (non-hydrogen) atoms. The van der Waals surface area contributed by atoms with Crippen molar-refractivity contribution < 1.29 is 13.2 Å². The fraction of sp³-hybridized carbons (Fsp3) is 0.571. The number of rotatable bonds is 6. The van der Waals surface area contributed by atoms with Gasteiger partial charge in [-0.05, 0) is 30.9 Å². The fourth-order valence-electron chi connectivity index (χ4n) is 2.19. The Morgan fingerprint density at radius 1 is 1.40 bits per heavy atom. The maximum Gasteiger partial charge on any atom is 0.247 e. The van der Waals surface area contributed by atoms with Crippen LogP contribution in [0.15, 0.2) is 23.1 Å². The van der Waals surface area contributed by atoms with Crippen LogP contribution in [0, 0.1) is 5.92 Å². The average Bonchev–Trinajstić information content (AvgIpc) is 3.19. The molecule has 6 heteroatoms. The van der Waals surface area contributed by atoms with Crippen LogP contribution in [-0.4, -0.2) is 32.4 Å². The van der Waals surface area contributed by atoms with E-state index >= 15 is 0 Å². The van der Waals surface area contributed by atoms with Crippen LogP contribution in [0.2, 0.25) is 0 Å². The standard InChI is InChI=1S/C14H22N2O3S/c1-10(2)9-16(12-5-6-12)20(17,18)14-7-4-11(15)8-13(14)19-3/h4,7-8,10,12H,5-6,9,15H2,1-3H3. The summed E-state index contributed by atoms with van der Waals surface area (Å²) in [6.07, 6.45) is 1.87. The first-order chi connectivity index (χ1) is 9.36. The lowest BCUT2D eigenvalue weighted by Crippen LogP contribution is -2.36. The summed E-state index contributed by atoms with van der Waals surface area (Å²) >= 11 is 0. The van der Waals surface area contributed by atoms with Gasteiger partial charge in [0.25, 0.3) is 0 Å². The van der Waals surface area contributed by atoms with E-state index in [1.165, 1.54) is 13.2 Å². The monoisotopic (exact) mass is 298 g/mol. The molecule has 1 aromatic rings. The number of ether oxygens (including phenoxy) is 1. The Balaban J connectivity index is 2.42. The second kappa shape index (κ2) is 5.61. The van der Waals surface area contributed by atoms with Crippen molar-refractivity contribution in [2.75, 3.05) is 19.4 Å². The van der Waals surface area contributed by atoms with Crippen LogP contribution in [0.1, 0.15) is 26.7 Å². The second-order valence-corrected chi connectivity index (χ2v) is 7.47. The summed E-state index contributed by atoms with van der Waals surface area (Å²) in [4.78, 5) is 0.196. The zero-order chi connectivity index (χ0) is 14.9. The molecular weight excluding hydrogens is 276 g/mol. The van der Waals surface area contributed by atoms with Crippen molar-refractivity contribution in [3.63, 3.8) is 0 Å². The van der Waals surface area contributed by atoms with Crippen LogP contribution in [0.3, 0.4) is 0 Å². The molecule has 1 aromatic carbocycles. The predicted octanol–water partition coefficient (Wildman–Crippen LogP) is 2.09. The Hall–Kier alpha value is -1.27. The van der Waals surface area contributed by atoms with E-state index in [2.05, 4.69) is 0 Å². The minimum Gasteiger partial charge on any atom is -0.495 e. The molecule has 1 saturated carbocycles. The molecule has 0 heterocycles. The number of methoxy groups -OCH3 is 1. The normalized spacial score (nSPS) is 15.8. The van der Waals surface area contributed by atoms with Gasteiger partial charge >= 0.3 is 0 Å². The van der Waals surface area contributed by atoms with Crippen LogP contribution < -0.4 is 10.5 Å². The van der Waals surface area contributed by atoms with E-state index in [4.69, 9.17) is 10.5 Å². The van der Waals surface area contributed by atoms with E-state index in [9.17, 15) is 8.42 Å². The molecule has 0 aromatic heterocycles. The Morgan fingerprint density at radius 2 is 2.05 bits per heavy atom. The summed E-state index contributed by atoms with van der Waals surface area (Å²) in [6, 6.07) is 4.80. The van der Waals surface area contributed by atoms with Gasteiger partial charge in [-0.2, -0.15) is 4.31 Å². The van der Waals surface area contributed by atoms with Crippen molar-refractivity contribution in [3.8, 4) is 5.75 Å². The highest BCUT2D eigenvalue weighted by molar-refractivity contribution is 7.89. The molecule has 1 aliphatic carbocycles. The van der Waals surface area contributed by atoms with Crippen LogP contribution in [0.4, 0.5) is 5.69 Å². The number of nitrogens with two attached hydrogens (primary N) is 1. The van der Waals surface area contributed by atoms with Gasteiger partial charge in [-0.25, -0.2) is 8.42 Å². The van der Waals surface area contributed by atoms with E-state index in [1.807, 2.05) is 13.8 Å². The van der Waals surface area contributed by atoms with Gasteiger partial charge in [0, 0.05) is 24.3 Å². The number of anilines is 1. The maximum atomic E-state index is 12.8. The highest BCUT2D eigenvalue weighted by atomic mass is 32.2. The third-order valence-electron chi connectivity index (χ3n) is 3.27. The van der Waals surface area contributed by atoms with E-state index in [0.29, 0.717) is 18.0 Å². The molecule has 5 nitrogen and oxygen atoms in total. The number of nitrogen functional groups attached to an aromatic ring is 1. The van der Waals surface area contributed by atoms with Gasteiger partial charge < -0.3 is 10.5 Å². The van der Waals surface area contributed by atoms with E-state index in [-0.39, 0.29) is 16.9 Å². The Bertz CT molecular complexity index is 580. The number of sulfonamides is 1. The average molecular weight is 298 g/mol. The van der Waals surface area contributed by atoms with Gasteiger partial charge in [-0.1, -0.05) is 13.8 Å². The molecule has 0 atom stereocenters. The van der Waals surface area contributed by atoms with Gasteiger partial charge in [0.1, 0.15) is 10.6 Å². The van der Waals surface area contributed by atoms with Crippen molar-refractivity contribution in [2.24, 2.45) is 5.92 Å². The molecule has 1 fully saturated rings. The van der Waals surface area contributed by atoms with Gasteiger partial charge in [-0.3, -0.25) is 0 Å². The van der Waals surface area contributed by atoms with E-state index < -0.39 is 10.0 Å². The third-order valence-corrected chi connectivity index (χ3v) is 5.23. The summed E-state index contributed by atoms with van der Waals surface area (Å²) in [5, 5.41) is 0. The topological polar surface area (TPSA) is 72.6 Å². The molecule has 1 aliphatic rings. The van der Waals surface area contributed by atoms with Crippen LogP contribution in [0.25, 0.3) is 0 Å². The Morgan fingerprint density at radius 3 is 2.55 bits per heavy atom. The van der Waals surface area contributed by atoms with Crippen molar-refractivity contribution in [1.82, 2.24) is 4.31 Å². The minimum absolute atomic E-state index is 0.129. The van der Waals surface area contributed by atoms with Crippen molar-refractivity contribution >= 4 is 15.7 Å². The summed E-state index contributed by atoms with van der Waals surface area (Å²) in [6.45, 7) is 4.57. The van der Waals surface area contributed by atoms with Gasteiger partial charge in [-0.15, -0.1) is 0 Å². The highest BCUT2D eigenvalue weighted by Gasteiger charge is 2.39. The SMILES string of the molecule is COc1cc(N)ccc1S(=O)(=O)N(CC(C)C)C1CC1. The molecule has 0 aliphatic heterocycles.